The monoisotopic (exact) mass is 511 g/mol. The number of aromatic nitrogens is 1. The molecule has 12 heteroatoms. The zero-order valence-corrected chi connectivity index (χ0v) is 19.3. The Kier molecular flexibility index (Phi) is 6.91. The van der Waals surface area contributed by atoms with Crippen molar-refractivity contribution in [2.24, 2.45) is 0 Å². The van der Waals surface area contributed by atoms with E-state index in [4.69, 9.17) is 4.74 Å². The van der Waals surface area contributed by atoms with E-state index in [0.29, 0.717) is 18.6 Å². The molecule has 1 aliphatic rings. The number of carbonyl (C=O) groups is 1. The lowest BCUT2D eigenvalue weighted by atomic mass is 10.2. The van der Waals surface area contributed by atoms with Crippen LogP contribution in [0.3, 0.4) is 0 Å². The Morgan fingerprint density at radius 2 is 1.94 bits per heavy atom. The van der Waals surface area contributed by atoms with Gasteiger partial charge in [0.05, 0.1) is 4.90 Å². The summed E-state index contributed by atoms with van der Waals surface area (Å²) in [5.74, 6) is -0.0668. The predicted octanol–water partition coefficient (Wildman–Crippen LogP) is 4.42. The minimum absolute atomic E-state index is 0.00321. The second-order valence-electron chi connectivity index (χ2n) is 7.57. The number of amides is 1. The van der Waals surface area contributed by atoms with Crippen molar-refractivity contribution in [3.63, 3.8) is 0 Å². The van der Waals surface area contributed by atoms with Crippen LogP contribution in [0.1, 0.15) is 24.1 Å². The van der Waals surface area contributed by atoms with Crippen molar-refractivity contribution >= 4 is 27.3 Å². The van der Waals surface area contributed by atoms with Gasteiger partial charge >= 0.3 is 6.18 Å². The molecule has 0 saturated carbocycles. The molecule has 0 spiro atoms. The zero-order valence-electron chi connectivity index (χ0n) is 17.7. The Labute approximate surface area is 198 Å². The number of alkyl halides is 3. The van der Waals surface area contributed by atoms with Gasteiger partial charge in [0.25, 0.3) is 0 Å². The third-order valence-corrected chi connectivity index (χ3v) is 7.99. The Morgan fingerprint density at radius 3 is 2.62 bits per heavy atom. The summed E-state index contributed by atoms with van der Waals surface area (Å²) in [6.45, 7) is 0.447. The summed E-state index contributed by atoms with van der Waals surface area (Å²) in [5.41, 5.74) is -0.331. The van der Waals surface area contributed by atoms with E-state index in [2.05, 4.69) is 10.3 Å². The van der Waals surface area contributed by atoms with Crippen molar-refractivity contribution in [1.82, 2.24) is 14.6 Å². The molecule has 1 amide bonds. The average molecular weight is 512 g/mol. The molecule has 0 aliphatic carbocycles. The van der Waals surface area contributed by atoms with Gasteiger partial charge < -0.3 is 10.1 Å². The first kappa shape index (κ1) is 24.2. The molecule has 1 aliphatic heterocycles. The first-order valence-electron chi connectivity index (χ1n) is 10.3. The molecule has 180 valence electrons. The third-order valence-electron chi connectivity index (χ3n) is 5.26. The molecule has 4 rings (SSSR count). The number of pyridine rings is 1. The number of ether oxygens (including phenoxy) is 1. The maximum Gasteiger partial charge on any atom is 0.433 e. The second-order valence-corrected chi connectivity index (χ2v) is 10.2. The number of hydrogen-bond donors (Lipinski definition) is 1. The minimum atomic E-state index is -4.57. The summed E-state index contributed by atoms with van der Waals surface area (Å²) < 4.78 is 70.7. The first-order valence-corrected chi connectivity index (χ1v) is 12.6. The van der Waals surface area contributed by atoms with Crippen LogP contribution in [0.25, 0.3) is 0 Å². The van der Waals surface area contributed by atoms with Crippen LogP contribution in [0, 0.1) is 0 Å². The quantitative estimate of drug-likeness (QED) is 0.507. The number of nitrogens with zero attached hydrogens (tertiary/aromatic N) is 2. The number of benzene rings is 1. The summed E-state index contributed by atoms with van der Waals surface area (Å²) in [6.07, 6.45) is -2.52. The third kappa shape index (κ3) is 5.40. The van der Waals surface area contributed by atoms with Gasteiger partial charge in [0.2, 0.25) is 15.9 Å². The molecule has 3 aromatic rings. The summed E-state index contributed by atoms with van der Waals surface area (Å²) in [5, 5.41) is 5.98. The van der Waals surface area contributed by atoms with Crippen molar-refractivity contribution in [2.75, 3.05) is 6.54 Å². The summed E-state index contributed by atoms with van der Waals surface area (Å²) in [6, 6.07) is 9.34. The van der Waals surface area contributed by atoms with E-state index in [1.54, 1.807) is 35.0 Å². The highest BCUT2D eigenvalue weighted by atomic mass is 32.2. The Morgan fingerprint density at radius 1 is 1.18 bits per heavy atom. The molecule has 1 N–H and O–H groups in total. The number of hydrogen-bond acceptors (Lipinski definition) is 6. The Hall–Kier alpha value is -2.96. The van der Waals surface area contributed by atoms with Crippen LogP contribution in [-0.2, 0) is 27.5 Å². The topological polar surface area (TPSA) is 88.6 Å². The fourth-order valence-electron chi connectivity index (χ4n) is 3.57. The molecule has 1 saturated heterocycles. The number of carbonyl (C=O) groups excluding carboxylic acids is 1. The van der Waals surface area contributed by atoms with Gasteiger partial charge in [-0.15, -0.1) is 0 Å². The van der Waals surface area contributed by atoms with E-state index in [-0.39, 0.29) is 29.6 Å². The van der Waals surface area contributed by atoms with Gasteiger partial charge in [0, 0.05) is 30.7 Å². The highest BCUT2D eigenvalue weighted by molar-refractivity contribution is 7.89. The number of rotatable bonds is 7. The number of thiophene rings is 1. The van der Waals surface area contributed by atoms with Gasteiger partial charge in [-0.05, 0) is 48.1 Å². The first-order chi connectivity index (χ1) is 16.1. The average Bonchev–Trinajstić information content (AvgIpc) is 3.51. The fourth-order valence-corrected chi connectivity index (χ4v) is 6.24. The van der Waals surface area contributed by atoms with E-state index >= 15 is 0 Å². The van der Waals surface area contributed by atoms with E-state index in [1.165, 1.54) is 27.8 Å². The van der Waals surface area contributed by atoms with Gasteiger partial charge in [0.15, 0.2) is 0 Å². The van der Waals surface area contributed by atoms with Crippen LogP contribution >= 0.6 is 11.3 Å². The maximum atomic E-state index is 12.8. The lowest BCUT2D eigenvalue weighted by Gasteiger charge is -2.23. The molecule has 3 heterocycles. The van der Waals surface area contributed by atoms with Crippen molar-refractivity contribution in [3.8, 4) is 11.5 Å². The van der Waals surface area contributed by atoms with Crippen LogP contribution in [-0.4, -0.2) is 36.2 Å². The largest absolute Gasteiger partial charge is 0.457 e. The van der Waals surface area contributed by atoms with Crippen LogP contribution in [0.15, 0.2) is 64.3 Å². The molecule has 0 radical (unpaired) electrons. The SMILES string of the molecule is O=C(NCc1ccc(Oc2ccnc(C(F)(F)F)c2)cc1)[C@@H]1CCCN1S(=O)(=O)c1ccsc1. The standard InChI is InChI=1S/C22H20F3N3O4S2/c23-22(24,25)20-12-17(7-9-26-20)32-16-5-3-15(4-6-16)13-27-21(29)19-2-1-10-28(19)34(30,31)18-8-11-33-14-18/h3-9,11-12,14,19H,1-2,10,13H2,(H,27,29)/t19-/m0/s1. The molecule has 1 atom stereocenters. The highest BCUT2D eigenvalue weighted by Gasteiger charge is 2.39. The number of halogens is 3. The molecule has 0 bridgehead atoms. The van der Waals surface area contributed by atoms with Gasteiger partial charge in [-0.2, -0.15) is 28.8 Å². The molecular weight excluding hydrogens is 491 g/mol. The van der Waals surface area contributed by atoms with E-state index in [0.717, 1.165) is 17.8 Å². The minimum Gasteiger partial charge on any atom is -0.457 e. The van der Waals surface area contributed by atoms with Crippen molar-refractivity contribution < 1.29 is 31.1 Å². The number of nitrogens with one attached hydrogen (secondary N) is 1. The number of sulfonamides is 1. The zero-order chi connectivity index (χ0) is 24.3. The molecule has 0 unspecified atom stereocenters. The highest BCUT2D eigenvalue weighted by Crippen LogP contribution is 2.31. The van der Waals surface area contributed by atoms with Crippen LogP contribution in [0.2, 0.25) is 0 Å². The molecule has 34 heavy (non-hydrogen) atoms. The predicted molar refractivity (Wildman–Crippen MR) is 119 cm³/mol. The summed E-state index contributed by atoms with van der Waals surface area (Å²) in [4.78, 5) is 16.2. The normalized spacial score (nSPS) is 17.0. The molecule has 2 aromatic heterocycles. The van der Waals surface area contributed by atoms with Gasteiger partial charge in [-0.25, -0.2) is 8.42 Å². The van der Waals surface area contributed by atoms with Crippen LogP contribution in [0.4, 0.5) is 13.2 Å². The molecule has 7 nitrogen and oxygen atoms in total. The lowest BCUT2D eigenvalue weighted by Crippen LogP contribution is -2.45. The van der Waals surface area contributed by atoms with Gasteiger partial charge in [-0.1, -0.05) is 12.1 Å². The van der Waals surface area contributed by atoms with Crippen LogP contribution < -0.4 is 10.1 Å². The van der Waals surface area contributed by atoms with Crippen molar-refractivity contribution in [3.05, 3.63) is 70.7 Å². The van der Waals surface area contributed by atoms with Crippen molar-refractivity contribution in [2.45, 2.75) is 36.5 Å². The Bertz CT molecular complexity index is 1250. The maximum absolute atomic E-state index is 12.8. The smallest absolute Gasteiger partial charge is 0.433 e. The van der Waals surface area contributed by atoms with Gasteiger partial charge in [0.1, 0.15) is 23.2 Å². The van der Waals surface area contributed by atoms with E-state index < -0.39 is 27.9 Å². The molecule has 1 fully saturated rings. The summed E-state index contributed by atoms with van der Waals surface area (Å²) >= 11 is 1.28. The molecular formula is C22H20F3N3O4S2. The fraction of sp³-hybridized carbons (Fsp3) is 0.273. The lowest BCUT2D eigenvalue weighted by molar-refractivity contribution is -0.141. The van der Waals surface area contributed by atoms with Gasteiger partial charge in [-0.3, -0.25) is 9.78 Å². The van der Waals surface area contributed by atoms with Crippen molar-refractivity contribution in [1.29, 1.82) is 0 Å². The van der Waals surface area contributed by atoms with E-state index in [1.807, 2.05) is 0 Å². The molecule has 1 aromatic carbocycles. The summed E-state index contributed by atoms with van der Waals surface area (Å²) in [7, 11) is -3.73. The Balaban J connectivity index is 1.36. The second kappa shape index (κ2) is 9.72. The van der Waals surface area contributed by atoms with Crippen LogP contribution in [0.5, 0.6) is 11.5 Å². The van der Waals surface area contributed by atoms with E-state index in [9.17, 15) is 26.4 Å².